The number of aryl methyl sites for hydroxylation is 1. The van der Waals surface area contributed by atoms with Gasteiger partial charge in [-0.15, -0.1) is 0 Å². The number of fused-ring (bicyclic) bond motifs is 2. The molecule has 0 aromatic heterocycles. The minimum absolute atomic E-state index is 0.0258. The summed E-state index contributed by atoms with van der Waals surface area (Å²) in [6.45, 7) is 3.73. The van der Waals surface area contributed by atoms with Crippen LogP contribution in [0.4, 0.5) is 32.8 Å². The van der Waals surface area contributed by atoms with E-state index in [1.807, 2.05) is 0 Å². The fourth-order valence-electron chi connectivity index (χ4n) is 5.84. The van der Waals surface area contributed by atoms with E-state index in [0.717, 1.165) is 19.1 Å². The molecule has 2 saturated heterocycles. The summed E-state index contributed by atoms with van der Waals surface area (Å²) in [7, 11) is 0. The molecule has 0 saturated carbocycles. The van der Waals surface area contributed by atoms with Crippen LogP contribution in [0.15, 0.2) is 55.1 Å². The number of carbonyl (C=O) groups excluding carboxylic acids is 5. The maximum atomic E-state index is 13.7. The first kappa shape index (κ1) is 32.4. The van der Waals surface area contributed by atoms with Crippen LogP contribution < -0.4 is 5.32 Å². The number of benzene rings is 2. The van der Waals surface area contributed by atoms with Crippen LogP contribution in [0.3, 0.4) is 0 Å². The van der Waals surface area contributed by atoms with E-state index < -0.39 is 60.7 Å². The lowest BCUT2D eigenvalue weighted by atomic mass is 9.94. The first-order chi connectivity index (χ1) is 21.7. The van der Waals surface area contributed by atoms with E-state index in [4.69, 9.17) is 4.74 Å². The van der Waals surface area contributed by atoms with Crippen molar-refractivity contribution in [3.8, 4) is 0 Å². The Morgan fingerprint density at radius 1 is 1.11 bits per heavy atom. The molecule has 2 aromatic carbocycles. The Hall–Kier alpha value is -4.95. The molecule has 46 heavy (non-hydrogen) atoms. The minimum Gasteiger partial charge on any atom is -0.427 e. The molecule has 5 rings (SSSR count). The average molecular weight is 646 g/mol. The van der Waals surface area contributed by atoms with Gasteiger partial charge in [-0.3, -0.25) is 14.4 Å². The van der Waals surface area contributed by atoms with Crippen LogP contribution in [-0.4, -0.2) is 88.0 Å². The third kappa shape index (κ3) is 6.26. The second kappa shape index (κ2) is 12.4. The summed E-state index contributed by atoms with van der Waals surface area (Å²) < 4.78 is 60.0. The van der Waals surface area contributed by atoms with Crippen molar-refractivity contribution >= 4 is 35.5 Å². The Morgan fingerprint density at radius 3 is 2.48 bits per heavy atom. The zero-order valence-corrected chi connectivity index (χ0v) is 24.8. The van der Waals surface area contributed by atoms with E-state index in [1.165, 1.54) is 40.1 Å². The van der Waals surface area contributed by atoms with Gasteiger partial charge in [0.05, 0.1) is 6.67 Å². The van der Waals surface area contributed by atoms with Gasteiger partial charge in [-0.05, 0) is 61.2 Å². The smallest absolute Gasteiger partial charge is 0.418 e. The van der Waals surface area contributed by atoms with Gasteiger partial charge in [-0.25, -0.2) is 18.9 Å². The Morgan fingerprint density at radius 2 is 1.80 bits per heavy atom. The third-order valence-corrected chi connectivity index (χ3v) is 8.40. The number of nitrogens with one attached hydrogen (secondary N) is 1. The molecule has 15 heteroatoms. The number of imide groups is 1. The lowest BCUT2D eigenvalue weighted by Crippen LogP contribution is -2.51. The van der Waals surface area contributed by atoms with Crippen LogP contribution in [0.5, 0.6) is 0 Å². The topological polar surface area (TPSA) is 120 Å². The van der Waals surface area contributed by atoms with Gasteiger partial charge in [0.25, 0.3) is 5.91 Å². The number of ether oxygens (including phenoxy) is 1. The summed E-state index contributed by atoms with van der Waals surface area (Å²) in [6.07, 6.45) is -3.93. The van der Waals surface area contributed by atoms with Crippen LogP contribution in [0, 0.1) is 5.82 Å². The fraction of sp³-hybridized carbons (Fsp3) is 0.387. The van der Waals surface area contributed by atoms with E-state index in [0.29, 0.717) is 46.1 Å². The highest BCUT2D eigenvalue weighted by Crippen LogP contribution is 2.46. The number of hydrogen-bond acceptors (Lipinski definition) is 6. The van der Waals surface area contributed by atoms with E-state index in [1.54, 1.807) is 6.07 Å². The SMILES string of the molecule is C=CC(=O)N1CCCN(C(=O)Nc2ccc3c(c2)CC[C@@]32OC(=O)N(CC(=O)N(Cc3ccc(F)cc3)[C@@H](C)C(F)(F)F)C2=O)C1. The predicted octanol–water partition coefficient (Wildman–Crippen LogP) is 4.14. The Labute approximate surface area is 261 Å². The number of amides is 6. The van der Waals surface area contributed by atoms with Crippen LogP contribution in [-0.2, 0) is 37.7 Å². The van der Waals surface area contributed by atoms with Crippen molar-refractivity contribution in [1.82, 2.24) is 19.6 Å². The molecule has 2 atom stereocenters. The summed E-state index contributed by atoms with van der Waals surface area (Å²) >= 11 is 0. The van der Waals surface area contributed by atoms with Crippen molar-refractivity contribution in [2.75, 3.05) is 31.6 Å². The molecule has 1 aliphatic carbocycles. The van der Waals surface area contributed by atoms with Gasteiger partial charge >= 0.3 is 18.3 Å². The van der Waals surface area contributed by atoms with Crippen molar-refractivity contribution in [3.05, 3.63) is 77.6 Å². The summed E-state index contributed by atoms with van der Waals surface area (Å²) in [5, 5.41) is 2.77. The molecule has 1 spiro atoms. The molecule has 1 N–H and O–H groups in total. The molecule has 2 fully saturated rings. The summed E-state index contributed by atoms with van der Waals surface area (Å²) in [6, 6.07) is 6.51. The van der Waals surface area contributed by atoms with Crippen LogP contribution in [0.2, 0.25) is 0 Å². The van der Waals surface area contributed by atoms with Crippen molar-refractivity contribution in [1.29, 1.82) is 0 Å². The third-order valence-electron chi connectivity index (χ3n) is 8.40. The van der Waals surface area contributed by atoms with Crippen molar-refractivity contribution in [2.45, 2.75) is 50.6 Å². The maximum Gasteiger partial charge on any atom is 0.418 e. The van der Waals surface area contributed by atoms with E-state index >= 15 is 0 Å². The number of rotatable bonds is 7. The molecular weight excluding hydrogens is 614 g/mol. The van der Waals surface area contributed by atoms with Gasteiger partial charge < -0.3 is 24.8 Å². The Bertz CT molecular complexity index is 1580. The predicted molar refractivity (Wildman–Crippen MR) is 154 cm³/mol. The van der Waals surface area contributed by atoms with Crippen molar-refractivity contribution in [3.63, 3.8) is 0 Å². The molecule has 2 heterocycles. The van der Waals surface area contributed by atoms with Gasteiger partial charge in [0, 0.05) is 37.3 Å². The highest BCUT2D eigenvalue weighted by atomic mass is 19.4. The van der Waals surface area contributed by atoms with E-state index in [-0.39, 0.29) is 31.0 Å². The highest BCUT2D eigenvalue weighted by Gasteiger charge is 2.58. The lowest BCUT2D eigenvalue weighted by Gasteiger charge is -2.35. The summed E-state index contributed by atoms with van der Waals surface area (Å²) in [5.41, 5.74) is -0.225. The monoisotopic (exact) mass is 645 g/mol. The first-order valence-electron chi connectivity index (χ1n) is 14.5. The molecule has 0 bridgehead atoms. The molecule has 0 radical (unpaired) electrons. The van der Waals surface area contributed by atoms with Crippen LogP contribution in [0.1, 0.15) is 36.5 Å². The fourth-order valence-corrected chi connectivity index (χ4v) is 5.84. The number of anilines is 1. The lowest BCUT2D eigenvalue weighted by molar-refractivity contribution is -0.187. The van der Waals surface area contributed by atoms with Crippen LogP contribution in [0.25, 0.3) is 0 Å². The number of carbonyl (C=O) groups is 5. The Kier molecular flexibility index (Phi) is 8.78. The molecule has 2 aromatic rings. The van der Waals surface area contributed by atoms with Gasteiger partial charge in [-0.2, -0.15) is 13.2 Å². The van der Waals surface area contributed by atoms with Gasteiger partial charge in [-0.1, -0.05) is 24.8 Å². The molecule has 2 aliphatic heterocycles. The Balaban J connectivity index is 1.30. The standard InChI is InChI=1S/C31H31F4N5O6/c1-3-25(41)37-13-4-14-38(18-37)28(44)36-23-9-10-24-21(15-23)11-12-30(24)27(43)40(29(45)46-30)17-26(42)39(19(2)31(33,34)35)16-20-5-7-22(32)8-6-20/h3,5-10,15,19H,1,4,11-14,16-18H2,2H3,(H,36,44)/t19-,30+/m0/s1. The number of nitrogens with zero attached hydrogens (tertiary/aromatic N) is 4. The largest absolute Gasteiger partial charge is 0.427 e. The molecule has 244 valence electrons. The van der Waals surface area contributed by atoms with Crippen molar-refractivity contribution < 1.29 is 46.3 Å². The van der Waals surface area contributed by atoms with Gasteiger partial charge in [0.15, 0.2) is 0 Å². The maximum absolute atomic E-state index is 13.7. The number of alkyl halides is 3. The first-order valence-corrected chi connectivity index (χ1v) is 14.5. The highest BCUT2D eigenvalue weighted by molar-refractivity contribution is 6.06. The molecular formula is C31H31F4N5O6. The number of hydrogen-bond donors (Lipinski definition) is 1. The normalized spacial score (nSPS) is 20.0. The van der Waals surface area contributed by atoms with Crippen molar-refractivity contribution in [2.24, 2.45) is 0 Å². The van der Waals surface area contributed by atoms with Gasteiger partial charge in [0.1, 0.15) is 18.4 Å². The summed E-state index contributed by atoms with van der Waals surface area (Å²) in [4.78, 5) is 68.6. The summed E-state index contributed by atoms with van der Waals surface area (Å²) in [5.74, 6) is -2.94. The van der Waals surface area contributed by atoms with Gasteiger partial charge in [0.2, 0.25) is 17.4 Å². The van der Waals surface area contributed by atoms with E-state index in [2.05, 4.69) is 11.9 Å². The zero-order valence-electron chi connectivity index (χ0n) is 24.8. The number of halogens is 4. The van der Waals surface area contributed by atoms with E-state index in [9.17, 15) is 41.5 Å². The molecule has 6 amide bonds. The quantitative estimate of drug-likeness (QED) is 0.357. The second-order valence-electron chi connectivity index (χ2n) is 11.3. The molecule has 0 unspecified atom stereocenters. The second-order valence-corrected chi connectivity index (χ2v) is 11.3. The minimum atomic E-state index is -4.82. The molecule has 3 aliphatic rings. The average Bonchev–Trinajstić information content (AvgIpc) is 3.50. The molecule has 11 nitrogen and oxygen atoms in total. The van der Waals surface area contributed by atoms with Crippen LogP contribution >= 0.6 is 0 Å². The number of urea groups is 1. The zero-order chi connectivity index (χ0) is 33.4.